The second kappa shape index (κ2) is 8.26. The quantitative estimate of drug-likeness (QED) is 0.430. The molecule has 1 aromatic heterocycles. The van der Waals surface area contributed by atoms with Crippen molar-refractivity contribution in [2.75, 3.05) is 14.2 Å². The molecule has 4 rings (SSSR count). The Hall–Kier alpha value is -4.00. The molecular weight excluding hydrogens is 416 g/mol. The van der Waals surface area contributed by atoms with Crippen LogP contribution in [0.5, 0.6) is 0 Å². The van der Waals surface area contributed by atoms with Gasteiger partial charge in [0.15, 0.2) is 0 Å². The summed E-state index contributed by atoms with van der Waals surface area (Å²) in [6, 6.07) is 13.4. The van der Waals surface area contributed by atoms with Crippen LogP contribution in [-0.2, 0) is 4.74 Å². The first-order valence-corrected chi connectivity index (χ1v) is 9.77. The summed E-state index contributed by atoms with van der Waals surface area (Å²) in [7, 11) is 2.72. The maximum absolute atomic E-state index is 14.5. The Bertz CT molecular complexity index is 1360. The number of hydrogen-bond acceptors (Lipinski definition) is 4. The van der Waals surface area contributed by atoms with Crippen LogP contribution in [0.4, 0.5) is 8.78 Å². The summed E-state index contributed by atoms with van der Waals surface area (Å²) < 4.78 is 38.6. The Balaban J connectivity index is 1.95. The van der Waals surface area contributed by atoms with Gasteiger partial charge in [-0.05, 0) is 72.1 Å². The first-order chi connectivity index (χ1) is 15.3. The molecule has 0 aliphatic rings. The van der Waals surface area contributed by atoms with Gasteiger partial charge in [0.25, 0.3) is 5.91 Å². The molecule has 32 heavy (non-hydrogen) atoms. The average Bonchev–Trinajstić information content (AvgIpc) is 3.18. The summed E-state index contributed by atoms with van der Waals surface area (Å²) in [6.07, 6.45) is 0. The SMILES string of the molecule is CNC(=O)c1c(-c2ccc(F)cc2)oc2ccc(-c3cc(C(=O)OC)cc(F)c3C)cc12. The van der Waals surface area contributed by atoms with E-state index in [-0.39, 0.29) is 17.0 Å². The average molecular weight is 435 g/mol. The fraction of sp³-hybridized carbons (Fsp3) is 0.120. The molecule has 1 heterocycles. The molecule has 4 aromatic rings. The number of fused-ring (bicyclic) bond motifs is 1. The molecule has 162 valence electrons. The molecule has 7 heteroatoms. The molecule has 0 aliphatic carbocycles. The maximum atomic E-state index is 14.5. The summed E-state index contributed by atoms with van der Waals surface area (Å²) in [5.74, 6) is -1.70. The third-order valence-corrected chi connectivity index (χ3v) is 5.32. The molecule has 1 N–H and O–H groups in total. The number of esters is 1. The standard InChI is InChI=1S/C25H19F2NO4/c1-13-18(11-16(12-20(13)27)25(30)31-3)15-6-9-21-19(10-15)22(24(29)28-2)23(32-21)14-4-7-17(26)8-5-14/h4-12H,1-3H3,(H,28,29). The van der Waals surface area contributed by atoms with Gasteiger partial charge >= 0.3 is 5.97 Å². The maximum Gasteiger partial charge on any atom is 0.337 e. The zero-order valence-corrected chi connectivity index (χ0v) is 17.6. The van der Waals surface area contributed by atoms with Gasteiger partial charge in [0.1, 0.15) is 23.0 Å². The highest BCUT2D eigenvalue weighted by Crippen LogP contribution is 2.37. The van der Waals surface area contributed by atoms with E-state index in [1.165, 1.54) is 38.4 Å². The van der Waals surface area contributed by atoms with Gasteiger partial charge in [-0.3, -0.25) is 4.79 Å². The fourth-order valence-corrected chi connectivity index (χ4v) is 3.63. The number of amides is 1. The number of halogens is 2. The third kappa shape index (κ3) is 3.62. The minimum absolute atomic E-state index is 0.0800. The number of carbonyl (C=O) groups excluding carboxylic acids is 2. The molecular formula is C25H19F2NO4. The van der Waals surface area contributed by atoms with Crippen molar-refractivity contribution in [1.29, 1.82) is 0 Å². The minimum Gasteiger partial charge on any atom is -0.465 e. The van der Waals surface area contributed by atoms with Crippen LogP contribution in [0.25, 0.3) is 33.4 Å². The van der Waals surface area contributed by atoms with Crippen molar-refractivity contribution in [2.45, 2.75) is 6.92 Å². The second-order valence-electron chi connectivity index (χ2n) is 7.23. The predicted molar refractivity (Wildman–Crippen MR) is 116 cm³/mol. The van der Waals surface area contributed by atoms with E-state index >= 15 is 0 Å². The van der Waals surface area contributed by atoms with Gasteiger partial charge in [0.2, 0.25) is 0 Å². The van der Waals surface area contributed by atoms with Gasteiger partial charge < -0.3 is 14.5 Å². The molecule has 1 amide bonds. The van der Waals surface area contributed by atoms with Crippen LogP contribution in [0.3, 0.4) is 0 Å². The Morgan fingerprint density at radius 1 is 0.969 bits per heavy atom. The summed E-state index contributed by atoms with van der Waals surface area (Å²) in [5.41, 5.74) is 2.76. The Labute approximate surface area is 182 Å². The monoisotopic (exact) mass is 435 g/mol. The molecule has 0 unspecified atom stereocenters. The number of ether oxygens (including phenoxy) is 1. The van der Waals surface area contributed by atoms with Gasteiger partial charge in [-0.1, -0.05) is 6.07 Å². The molecule has 0 spiro atoms. The highest BCUT2D eigenvalue weighted by molar-refractivity contribution is 6.12. The minimum atomic E-state index is -0.654. The third-order valence-electron chi connectivity index (χ3n) is 5.32. The normalized spacial score (nSPS) is 10.9. The van der Waals surface area contributed by atoms with E-state index in [4.69, 9.17) is 9.15 Å². The van der Waals surface area contributed by atoms with Crippen LogP contribution in [0, 0.1) is 18.6 Å². The number of rotatable bonds is 4. The first-order valence-electron chi connectivity index (χ1n) is 9.77. The Morgan fingerprint density at radius 2 is 1.66 bits per heavy atom. The predicted octanol–water partition coefficient (Wildman–Crippen LogP) is 5.50. The number of furan rings is 1. The lowest BCUT2D eigenvalue weighted by Crippen LogP contribution is -2.18. The number of methoxy groups -OCH3 is 1. The number of hydrogen-bond donors (Lipinski definition) is 1. The van der Waals surface area contributed by atoms with E-state index in [0.717, 1.165) is 6.07 Å². The molecule has 0 atom stereocenters. The van der Waals surface area contributed by atoms with Gasteiger partial charge in [-0.15, -0.1) is 0 Å². The molecule has 0 saturated carbocycles. The Morgan fingerprint density at radius 3 is 2.31 bits per heavy atom. The molecule has 3 aromatic carbocycles. The van der Waals surface area contributed by atoms with Crippen molar-refractivity contribution in [3.8, 4) is 22.5 Å². The summed E-state index contributed by atoms with van der Waals surface area (Å²) in [4.78, 5) is 24.7. The topological polar surface area (TPSA) is 68.5 Å². The highest BCUT2D eigenvalue weighted by atomic mass is 19.1. The highest BCUT2D eigenvalue weighted by Gasteiger charge is 2.23. The van der Waals surface area contributed by atoms with Crippen molar-refractivity contribution in [3.63, 3.8) is 0 Å². The van der Waals surface area contributed by atoms with Crippen LogP contribution in [0.15, 0.2) is 59.0 Å². The molecule has 0 radical (unpaired) electrons. The van der Waals surface area contributed by atoms with Crippen LogP contribution < -0.4 is 5.32 Å². The smallest absolute Gasteiger partial charge is 0.337 e. The molecule has 0 saturated heterocycles. The molecule has 0 fully saturated rings. The lowest BCUT2D eigenvalue weighted by Gasteiger charge is -2.10. The van der Waals surface area contributed by atoms with Crippen molar-refractivity contribution in [3.05, 3.63) is 82.9 Å². The van der Waals surface area contributed by atoms with Crippen LogP contribution in [-0.4, -0.2) is 26.0 Å². The summed E-state index contributed by atoms with van der Waals surface area (Å²) in [6.45, 7) is 1.61. The molecule has 5 nitrogen and oxygen atoms in total. The first kappa shape index (κ1) is 21.2. The van der Waals surface area contributed by atoms with Crippen molar-refractivity contribution in [1.82, 2.24) is 5.32 Å². The van der Waals surface area contributed by atoms with Crippen LogP contribution >= 0.6 is 0 Å². The van der Waals surface area contributed by atoms with E-state index < -0.39 is 17.6 Å². The largest absolute Gasteiger partial charge is 0.465 e. The summed E-state index contributed by atoms with van der Waals surface area (Å²) >= 11 is 0. The van der Waals surface area contributed by atoms with Crippen LogP contribution in [0.2, 0.25) is 0 Å². The van der Waals surface area contributed by atoms with Gasteiger partial charge in [-0.2, -0.15) is 0 Å². The van der Waals surface area contributed by atoms with Crippen molar-refractivity contribution in [2.24, 2.45) is 0 Å². The number of carbonyl (C=O) groups is 2. The number of benzene rings is 3. The Kier molecular flexibility index (Phi) is 5.48. The lowest BCUT2D eigenvalue weighted by atomic mass is 9.95. The zero-order valence-electron chi connectivity index (χ0n) is 17.6. The zero-order chi connectivity index (χ0) is 23.0. The lowest BCUT2D eigenvalue weighted by molar-refractivity contribution is 0.0600. The molecule has 0 bridgehead atoms. The van der Waals surface area contributed by atoms with E-state index in [1.807, 2.05) is 0 Å². The van der Waals surface area contributed by atoms with Gasteiger partial charge in [0.05, 0.1) is 18.2 Å². The molecule has 0 aliphatic heterocycles. The van der Waals surface area contributed by atoms with E-state index in [1.54, 1.807) is 31.2 Å². The fourth-order valence-electron chi connectivity index (χ4n) is 3.63. The second-order valence-corrected chi connectivity index (χ2v) is 7.23. The van der Waals surface area contributed by atoms with E-state index in [0.29, 0.717) is 39.0 Å². The number of nitrogens with one attached hydrogen (secondary N) is 1. The van der Waals surface area contributed by atoms with Gasteiger partial charge in [-0.25, -0.2) is 13.6 Å². The van der Waals surface area contributed by atoms with Gasteiger partial charge in [0, 0.05) is 18.0 Å². The van der Waals surface area contributed by atoms with Crippen molar-refractivity contribution >= 4 is 22.8 Å². The van der Waals surface area contributed by atoms with Crippen LogP contribution in [0.1, 0.15) is 26.3 Å². The summed E-state index contributed by atoms with van der Waals surface area (Å²) in [5, 5.41) is 3.10. The van der Waals surface area contributed by atoms with Crippen molar-refractivity contribution < 1.29 is 27.5 Å². The van der Waals surface area contributed by atoms with E-state index in [9.17, 15) is 18.4 Å². The van der Waals surface area contributed by atoms with E-state index in [2.05, 4.69) is 5.32 Å².